The number of aryl methyl sites for hydroxylation is 1. The quantitative estimate of drug-likeness (QED) is 0.929. The Hall–Kier alpha value is -1.18. The molecule has 5 nitrogen and oxygen atoms in total. The van der Waals surface area contributed by atoms with E-state index in [9.17, 15) is 8.42 Å². The van der Waals surface area contributed by atoms with Gasteiger partial charge in [-0.15, -0.1) is 0 Å². The molecule has 1 aromatic heterocycles. The molecular weight excluding hydrogens is 318 g/mol. The zero-order valence-corrected chi connectivity index (χ0v) is 14.5. The second-order valence-corrected chi connectivity index (χ2v) is 8.55. The molecule has 0 unspecified atom stereocenters. The number of benzene rings is 1. The van der Waals surface area contributed by atoms with Gasteiger partial charge in [-0.25, -0.2) is 18.1 Å². The van der Waals surface area contributed by atoms with Gasteiger partial charge in [0.25, 0.3) is 0 Å². The summed E-state index contributed by atoms with van der Waals surface area (Å²) in [5, 5.41) is 1.05. The number of aromatic nitrogens is 1. The molecule has 7 heteroatoms. The first-order chi connectivity index (χ1) is 10.5. The number of anilines is 1. The summed E-state index contributed by atoms with van der Waals surface area (Å²) in [5.74, 6) is 0. The van der Waals surface area contributed by atoms with Crippen molar-refractivity contribution in [3.8, 4) is 0 Å². The molecule has 1 aliphatic heterocycles. The van der Waals surface area contributed by atoms with E-state index >= 15 is 0 Å². The number of hydrogen-bond acceptors (Lipinski definition) is 5. The van der Waals surface area contributed by atoms with E-state index in [2.05, 4.69) is 34.7 Å². The number of nitrogens with one attached hydrogen (secondary N) is 1. The van der Waals surface area contributed by atoms with Crippen molar-refractivity contribution < 1.29 is 8.42 Å². The maximum absolute atomic E-state index is 11.3. The maximum Gasteiger partial charge on any atom is 0.208 e. The minimum Gasteiger partial charge on any atom is -0.348 e. The smallest absolute Gasteiger partial charge is 0.208 e. The normalized spacial score (nSPS) is 17.3. The van der Waals surface area contributed by atoms with E-state index < -0.39 is 10.0 Å². The van der Waals surface area contributed by atoms with E-state index in [0.29, 0.717) is 0 Å². The lowest BCUT2D eigenvalue weighted by molar-refractivity contribution is 0.461. The summed E-state index contributed by atoms with van der Waals surface area (Å²) in [5.41, 5.74) is 2.40. The number of nitrogens with zero attached hydrogens (tertiary/aromatic N) is 2. The Morgan fingerprint density at radius 3 is 2.73 bits per heavy atom. The topological polar surface area (TPSA) is 62.3 Å². The lowest BCUT2D eigenvalue weighted by Gasteiger charge is -2.31. The van der Waals surface area contributed by atoms with Gasteiger partial charge in [-0.3, -0.25) is 0 Å². The molecule has 1 aliphatic rings. The Labute approximate surface area is 135 Å². The first-order valence-electron chi connectivity index (χ1n) is 7.57. The van der Waals surface area contributed by atoms with Gasteiger partial charge in [-0.1, -0.05) is 30.4 Å². The summed E-state index contributed by atoms with van der Waals surface area (Å²) in [6, 6.07) is 6.39. The van der Waals surface area contributed by atoms with Crippen LogP contribution in [-0.4, -0.2) is 38.8 Å². The average molecular weight is 339 g/mol. The molecule has 2 aromatic rings. The van der Waals surface area contributed by atoms with Crippen LogP contribution in [-0.2, 0) is 16.4 Å². The van der Waals surface area contributed by atoms with Crippen LogP contribution in [0.2, 0.25) is 0 Å². The van der Waals surface area contributed by atoms with Crippen LogP contribution in [0, 0.1) is 0 Å². The molecule has 0 bridgehead atoms. The number of rotatable bonds is 4. The first kappa shape index (κ1) is 15.7. The number of thiazole rings is 1. The van der Waals surface area contributed by atoms with Crippen LogP contribution in [0.5, 0.6) is 0 Å². The van der Waals surface area contributed by atoms with E-state index in [1.165, 1.54) is 16.5 Å². The largest absolute Gasteiger partial charge is 0.348 e. The molecule has 0 saturated carbocycles. The molecular formula is C15H21N3O2S2. The molecule has 120 valence electrons. The Kier molecular flexibility index (Phi) is 4.38. The number of sulfonamides is 1. The van der Waals surface area contributed by atoms with Crippen LogP contribution in [0.3, 0.4) is 0 Å². The van der Waals surface area contributed by atoms with Gasteiger partial charge in [0.05, 0.1) is 16.5 Å². The van der Waals surface area contributed by atoms with Crippen molar-refractivity contribution in [3.05, 3.63) is 23.8 Å². The molecule has 22 heavy (non-hydrogen) atoms. The molecule has 1 aromatic carbocycles. The average Bonchev–Trinajstić information content (AvgIpc) is 2.90. The molecule has 0 aliphatic carbocycles. The van der Waals surface area contributed by atoms with Gasteiger partial charge in [-0.05, 0) is 30.9 Å². The highest BCUT2D eigenvalue weighted by Gasteiger charge is 2.23. The lowest BCUT2D eigenvalue weighted by Crippen LogP contribution is -2.44. The Morgan fingerprint density at radius 1 is 1.36 bits per heavy atom. The molecule has 0 atom stereocenters. The van der Waals surface area contributed by atoms with Crippen LogP contribution in [0.25, 0.3) is 10.2 Å². The van der Waals surface area contributed by atoms with Crippen molar-refractivity contribution in [2.75, 3.05) is 24.2 Å². The van der Waals surface area contributed by atoms with Crippen molar-refractivity contribution in [1.82, 2.24) is 9.71 Å². The molecule has 2 heterocycles. The monoisotopic (exact) mass is 339 g/mol. The Balaban J connectivity index is 1.74. The van der Waals surface area contributed by atoms with E-state index in [-0.39, 0.29) is 6.04 Å². The minimum absolute atomic E-state index is 0.0480. The summed E-state index contributed by atoms with van der Waals surface area (Å²) in [6.07, 6.45) is 3.85. The minimum atomic E-state index is -3.12. The molecule has 0 spiro atoms. The van der Waals surface area contributed by atoms with Gasteiger partial charge < -0.3 is 4.90 Å². The summed E-state index contributed by atoms with van der Waals surface area (Å²) in [6.45, 7) is 3.83. The third kappa shape index (κ3) is 3.42. The fourth-order valence-corrected chi connectivity index (χ4v) is 4.81. The Bertz CT molecular complexity index is 762. The zero-order chi connectivity index (χ0) is 15.7. The van der Waals surface area contributed by atoms with Crippen molar-refractivity contribution in [2.24, 2.45) is 0 Å². The highest BCUT2D eigenvalue weighted by atomic mass is 32.2. The molecule has 1 saturated heterocycles. The Morgan fingerprint density at radius 2 is 2.09 bits per heavy atom. The number of piperidine rings is 1. The van der Waals surface area contributed by atoms with Gasteiger partial charge in [0.15, 0.2) is 5.13 Å². The van der Waals surface area contributed by atoms with Gasteiger partial charge in [0, 0.05) is 19.1 Å². The van der Waals surface area contributed by atoms with Crippen LogP contribution < -0.4 is 9.62 Å². The van der Waals surface area contributed by atoms with E-state index in [1.807, 2.05) is 0 Å². The number of hydrogen-bond donors (Lipinski definition) is 1. The predicted molar refractivity (Wildman–Crippen MR) is 92.2 cm³/mol. The standard InChI is InChI=1S/C15H21N3O2S2/c1-3-11-5-4-6-13-14(11)16-15(21-13)18-9-7-12(8-10-18)17-22(2,19)20/h4-6,12,17H,3,7-10H2,1-2H3. The molecule has 1 fully saturated rings. The van der Waals surface area contributed by atoms with E-state index in [1.54, 1.807) is 11.3 Å². The summed E-state index contributed by atoms with van der Waals surface area (Å²) >= 11 is 1.72. The van der Waals surface area contributed by atoms with Gasteiger partial charge in [-0.2, -0.15) is 0 Å². The molecule has 0 radical (unpaired) electrons. The highest BCUT2D eigenvalue weighted by molar-refractivity contribution is 7.88. The van der Waals surface area contributed by atoms with Crippen molar-refractivity contribution >= 4 is 36.7 Å². The zero-order valence-electron chi connectivity index (χ0n) is 12.9. The number of fused-ring (bicyclic) bond motifs is 1. The third-order valence-electron chi connectivity index (χ3n) is 4.02. The van der Waals surface area contributed by atoms with Crippen LogP contribution >= 0.6 is 11.3 Å². The summed E-state index contributed by atoms with van der Waals surface area (Å²) in [7, 11) is -3.12. The fraction of sp³-hybridized carbons (Fsp3) is 0.533. The fourth-order valence-electron chi connectivity index (χ4n) is 2.91. The summed E-state index contributed by atoms with van der Waals surface area (Å²) < 4.78 is 26.5. The molecule has 3 rings (SSSR count). The van der Waals surface area contributed by atoms with Crippen LogP contribution in [0.4, 0.5) is 5.13 Å². The highest BCUT2D eigenvalue weighted by Crippen LogP contribution is 2.32. The predicted octanol–water partition coefficient (Wildman–Crippen LogP) is 2.38. The van der Waals surface area contributed by atoms with Crippen LogP contribution in [0.15, 0.2) is 18.2 Å². The van der Waals surface area contributed by atoms with Crippen molar-refractivity contribution in [3.63, 3.8) is 0 Å². The lowest BCUT2D eigenvalue weighted by atomic mass is 10.1. The summed E-state index contributed by atoms with van der Waals surface area (Å²) in [4.78, 5) is 7.08. The van der Waals surface area contributed by atoms with E-state index in [0.717, 1.165) is 43.0 Å². The first-order valence-corrected chi connectivity index (χ1v) is 10.3. The van der Waals surface area contributed by atoms with E-state index in [4.69, 9.17) is 4.98 Å². The van der Waals surface area contributed by atoms with Crippen molar-refractivity contribution in [2.45, 2.75) is 32.2 Å². The second kappa shape index (κ2) is 6.14. The van der Waals surface area contributed by atoms with Crippen LogP contribution in [0.1, 0.15) is 25.3 Å². The SMILES string of the molecule is CCc1cccc2sc(N3CCC(NS(C)(=O)=O)CC3)nc12. The molecule has 0 amide bonds. The van der Waals surface area contributed by atoms with Gasteiger partial charge in [0.2, 0.25) is 10.0 Å². The van der Waals surface area contributed by atoms with Gasteiger partial charge in [0.1, 0.15) is 0 Å². The molecule has 1 N–H and O–H groups in total. The number of para-hydroxylation sites is 1. The maximum atomic E-state index is 11.3. The third-order valence-corrected chi connectivity index (χ3v) is 5.86. The second-order valence-electron chi connectivity index (χ2n) is 5.77. The van der Waals surface area contributed by atoms with Gasteiger partial charge >= 0.3 is 0 Å². The van der Waals surface area contributed by atoms with Crippen molar-refractivity contribution in [1.29, 1.82) is 0 Å².